The Hall–Kier alpha value is -1.99. The highest BCUT2D eigenvalue weighted by Crippen LogP contribution is 2.32. The second-order valence-electron chi connectivity index (χ2n) is 6.44. The van der Waals surface area contributed by atoms with Gasteiger partial charge in [0.15, 0.2) is 5.13 Å². The average Bonchev–Trinajstić information content (AvgIpc) is 3.23. The predicted octanol–water partition coefficient (Wildman–Crippen LogP) is 4.19. The molecule has 136 valence electrons. The van der Waals surface area contributed by atoms with Crippen molar-refractivity contribution < 1.29 is 9.21 Å². The zero-order chi connectivity index (χ0) is 18.3. The first-order chi connectivity index (χ1) is 12.5. The van der Waals surface area contributed by atoms with Gasteiger partial charge in [-0.3, -0.25) is 4.79 Å². The maximum atomic E-state index is 12.7. The van der Waals surface area contributed by atoms with Gasteiger partial charge < -0.3 is 14.2 Å². The van der Waals surface area contributed by atoms with E-state index < -0.39 is 0 Å². The predicted molar refractivity (Wildman–Crippen MR) is 108 cm³/mol. The van der Waals surface area contributed by atoms with E-state index in [4.69, 9.17) is 9.40 Å². The number of thiazole rings is 1. The topological polar surface area (TPSA) is 49.6 Å². The molecule has 0 bridgehead atoms. The van der Waals surface area contributed by atoms with E-state index in [-0.39, 0.29) is 5.91 Å². The van der Waals surface area contributed by atoms with Crippen molar-refractivity contribution in [1.29, 1.82) is 0 Å². The van der Waals surface area contributed by atoms with E-state index in [1.807, 2.05) is 24.8 Å². The van der Waals surface area contributed by atoms with Gasteiger partial charge in [-0.05, 0) is 44.4 Å². The van der Waals surface area contributed by atoms with Crippen molar-refractivity contribution in [3.63, 3.8) is 0 Å². The fraction of sp³-hybridized carbons (Fsp3) is 0.368. The molecule has 1 saturated heterocycles. The van der Waals surface area contributed by atoms with Crippen LogP contribution in [0.2, 0.25) is 0 Å². The van der Waals surface area contributed by atoms with Gasteiger partial charge in [-0.25, -0.2) is 4.98 Å². The number of hydrogen-bond acceptors (Lipinski definition) is 6. The highest BCUT2D eigenvalue weighted by molar-refractivity contribution is 7.98. The normalized spacial score (nSPS) is 15.0. The molecule has 1 fully saturated rings. The van der Waals surface area contributed by atoms with Gasteiger partial charge in [-0.2, -0.15) is 0 Å². The first kappa shape index (κ1) is 17.4. The molecule has 0 spiro atoms. The van der Waals surface area contributed by atoms with Gasteiger partial charge in [0.2, 0.25) is 0 Å². The second kappa shape index (κ2) is 6.96. The van der Waals surface area contributed by atoms with E-state index in [1.54, 1.807) is 23.1 Å². The molecule has 0 radical (unpaired) electrons. The van der Waals surface area contributed by atoms with Gasteiger partial charge in [-0.1, -0.05) is 11.3 Å². The summed E-state index contributed by atoms with van der Waals surface area (Å²) in [5.41, 5.74) is 1.73. The molecule has 1 aromatic carbocycles. The van der Waals surface area contributed by atoms with Gasteiger partial charge in [0, 0.05) is 31.1 Å². The van der Waals surface area contributed by atoms with Crippen LogP contribution in [-0.4, -0.2) is 48.2 Å². The number of fused-ring (bicyclic) bond motifs is 1. The molecule has 0 saturated carbocycles. The molecule has 0 N–H and O–H groups in total. The number of rotatable bonds is 3. The van der Waals surface area contributed by atoms with Crippen molar-refractivity contribution >= 4 is 44.4 Å². The van der Waals surface area contributed by atoms with Crippen molar-refractivity contribution in [2.75, 3.05) is 37.3 Å². The van der Waals surface area contributed by atoms with E-state index in [9.17, 15) is 4.79 Å². The molecule has 0 aliphatic carbocycles. The Labute approximate surface area is 161 Å². The zero-order valence-corrected chi connectivity index (χ0v) is 16.7. The molecule has 4 rings (SSSR count). The van der Waals surface area contributed by atoms with Crippen LogP contribution in [0.1, 0.15) is 21.9 Å². The third-order valence-corrected chi connectivity index (χ3v) is 6.50. The Morgan fingerprint density at radius 2 is 1.96 bits per heavy atom. The lowest BCUT2D eigenvalue weighted by Gasteiger charge is -2.34. The van der Waals surface area contributed by atoms with Crippen LogP contribution in [0.5, 0.6) is 0 Å². The van der Waals surface area contributed by atoms with Crippen molar-refractivity contribution in [2.45, 2.75) is 18.7 Å². The number of aryl methyl sites for hydroxylation is 2. The van der Waals surface area contributed by atoms with Crippen LogP contribution < -0.4 is 4.90 Å². The quantitative estimate of drug-likeness (QED) is 0.631. The Kier molecular flexibility index (Phi) is 4.67. The summed E-state index contributed by atoms with van der Waals surface area (Å²) in [6.45, 7) is 6.73. The molecule has 0 unspecified atom stereocenters. The maximum absolute atomic E-state index is 12.7. The number of amides is 1. The fourth-order valence-electron chi connectivity index (χ4n) is 3.27. The van der Waals surface area contributed by atoms with Crippen molar-refractivity contribution in [3.05, 3.63) is 41.3 Å². The lowest BCUT2D eigenvalue weighted by Crippen LogP contribution is -2.48. The number of thioether (sulfide) groups is 1. The summed E-state index contributed by atoms with van der Waals surface area (Å²) in [5.74, 6) is 1.54. The van der Waals surface area contributed by atoms with Gasteiger partial charge in [0.05, 0.1) is 15.8 Å². The second-order valence-corrected chi connectivity index (χ2v) is 8.33. The molecule has 7 heteroatoms. The molecule has 0 atom stereocenters. The summed E-state index contributed by atoms with van der Waals surface area (Å²) in [4.78, 5) is 22.9. The average molecular weight is 388 g/mol. The van der Waals surface area contributed by atoms with Crippen molar-refractivity contribution in [3.8, 4) is 0 Å². The van der Waals surface area contributed by atoms with Crippen molar-refractivity contribution in [1.82, 2.24) is 9.88 Å². The van der Waals surface area contributed by atoms with E-state index in [2.05, 4.69) is 29.4 Å². The fourth-order valence-corrected chi connectivity index (χ4v) is 4.84. The van der Waals surface area contributed by atoms with Crippen LogP contribution in [0.4, 0.5) is 5.13 Å². The third kappa shape index (κ3) is 3.21. The summed E-state index contributed by atoms with van der Waals surface area (Å²) in [5, 5.41) is 1.04. The zero-order valence-electron chi connectivity index (χ0n) is 15.1. The van der Waals surface area contributed by atoms with Crippen LogP contribution in [-0.2, 0) is 0 Å². The molecule has 3 aromatic rings. The minimum Gasteiger partial charge on any atom is -0.466 e. The highest BCUT2D eigenvalue weighted by atomic mass is 32.2. The first-order valence-corrected chi connectivity index (χ1v) is 10.6. The van der Waals surface area contributed by atoms with Crippen LogP contribution in [0.3, 0.4) is 0 Å². The largest absolute Gasteiger partial charge is 0.466 e. The number of piperazine rings is 1. The molecule has 1 aliphatic rings. The molecular weight excluding hydrogens is 366 g/mol. The molecule has 3 heterocycles. The smallest absolute Gasteiger partial charge is 0.257 e. The summed E-state index contributed by atoms with van der Waals surface area (Å²) >= 11 is 3.47. The number of furan rings is 1. The Morgan fingerprint density at radius 1 is 1.19 bits per heavy atom. The van der Waals surface area contributed by atoms with E-state index in [1.165, 1.54) is 9.60 Å². The number of benzene rings is 1. The van der Waals surface area contributed by atoms with Gasteiger partial charge >= 0.3 is 0 Å². The Morgan fingerprint density at radius 3 is 2.62 bits per heavy atom. The van der Waals surface area contributed by atoms with E-state index in [0.717, 1.165) is 29.5 Å². The van der Waals surface area contributed by atoms with Gasteiger partial charge in [0.25, 0.3) is 5.91 Å². The number of hydrogen-bond donors (Lipinski definition) is 0. The molecule has 1 amide bonds. The lowest BCUT2D eigenvalue weighted by atomic mass is 10.2. The Balaban J connectivity index is 1.46. The monoisotopic (exact) mass is 387 g/mol. The summed E-state index contributed by atoms with van der Waals surface area (Å²) in [7, 11) is 0. The van der Waals surface area contributed by atoms with Crippen LogP contribution in [0.25, 0.3) is 10.2 Å². The number of carbonyl (C=O) groups is 1. The lowest BCUT2D eigenvalue weighted by molar-refractivity contribution is 0.0745. The van der Waals surface area contributed by atoms with Crippen LogP contribution in [0, 0.1) is 13.8 Å². The molecule has 2 aromatic heterocycles. The summed E-state index contributed by atoms with van der Waals surface area (Å²) in [6, 6.07) is 8.24. The minimum absolute atomic E-state index is 0.0629. The summed E-state index contributed by atoms with van der Waals surface area (Å²) < 4.78 is 6.72. The van der Waals surface area contributed by atoms with E-state index in [0.29, 0.717) is 24.4 Å². The van der Waals surface area contributed by atoms with Crippen LogP contribution in [0.15, 0.2) is 33.6 Å². The molecule has 1 aliphatic heterocycles. The third-order valence-electron chi connectivity index (χ3n) is 4.69. The SMILES string of the molecule is CSc1ccc2nc(N3CCN(C(=O)c4cc(C)oc4C)CC3)sc2c1. The number of carbonyl (C=O) groups excluding carboxylic acids is 1. The van der Waals surface area contributed by atoms with Gasteiger partial charge in [0.1, 0.15) is 11.5 Å². The molecular formula is C19H21N3O2S2. The van der Waals surface area contributed by atoms with Gasteiger partial charge in [-0.15, -0.1) is 11.8 Å². The number of anilines is 1. The Bertz CT molecular complexity index is 955. The van der Waals surface area contributed by atoms with Crippen LogP contribution >= 0.6 is 23.1 Å². The molecule has 26 heavy (non-hydrogen) atoms. The highest BCUT2D eigenvalue weighted by Gasteiger charge is 2.26. The maximum Gasteiger partial charge on any atom is 0.257 e. The number of aromatic nitrogens is 1. The number of nitrogens with zero attached hydrogens (tertiary/aromatic N) is 3. The first-order valence-electron chi connectivity index (χ1n) is 8.61. The van der Waals surface area contributed by atoms with Crippen molar-refractivity contribution in [2.24, 2.45) is 0 Å². The molecule has 5 nitrogen and oxygen atoms in total. The minimum atomic E-state index is 0.0629. The standard InChI is InChI=1S/C19H21N3O2S2/c1-12-10-15(13(2)24-12)18(23)21-6-8-22(9-7-21)19-20-16-5-4-14(25-3)11-17(16)26-19/h4-5,10-11H,6-9H2,1-3H3. The summed E-state index contributed by atoms with van der Waals surface area (Å²) in [6.07, 6.45) is 2.09. The van der Waals surface area contributed by atoms with E-state index >= 15 is 0 Å².